The summed E-state index contributed by atoms with van der Waals surface area (Å²) in [6, 6.07) is 6.48. The average Bonchev–Trinajstić information content (AvgIpc) is 2.31. The van der Waals surface area contributed by atoms with Gasteiger partial charge in [0, 0.05) is 40.4 Å². The van der Waals surface area contributed by atoms with Crippen LogP contribution in [0.2, 0.25) is 0 Å². The predicted octanol–water partition coefficient (Wildman–Crippen LogP) is 1.36. The van der Waals surface area contributed by atoms with Gasteiger partial charge in [0.05, 0.1) is 0 Å². The summed E-state index contributed by atoms with van der Waals surface area (Å²) in [5.74, 6) is 0.807. The van der Waals surface area contributed by atoms with Crippen LogP contribution in [0.3, 0.4) is 0 Å². The van der Waals surface area contributed by atoms with Gasteiger partial charge in [-0.3, -0.25) is 4.99 Å². The number of aryl methyl sites for hydroxylation is 1. The van der Waals surface area contributed by atoms with E-state index in [0.29, 0.717) is 0 Å². The van der Waals surface area contributed by atoms with Crippen molar-refractivity contribution < 1.29 is 0 Å². The maximum Gasteiger partial charge on any atom is 0.190 e. The minimum Gasteiger partial charge on any atom is -0.378 e. The molecule has 1 aromatic rings. The van der Waals surface area contributed by atoms with Gasteiger partial charge in [-0.2, -0.15) is 0 Å². The molecule has 94 valence electrons. The van der Waals surface area contributed by atoms with E-state index in [9.17, 15) is 0 Å². The fraction of sp³-hybridized carbons (Fsp3) is 0.462. The number of benzene rings is 1. The molecule has 0 atom stereocenters. The molecule has 4 nitrogen and oxygen atoms in total. The Morgan fingerprint density at radius 3 is 2.53 bits per heavy atom. The zero-order chi connectivity index (χ0) is 12.8. The van der Waals surface area contributed by atoms with Gasteiger partial charge >= 0.3 is 0 Å². The third-order valence-electron chi connectivity index (χ3n) is 2.75. The summed E-state index contributed by atoms with van der Waals surface area (Å²) in [5, 5.41) is 6.25. The van der Waals surface area contributed by atoms with Crippen LogP contribution in [-0.4, -0.2) is 34.2 Å². The van der Waals surface area contributed by atoms with E-state index in [4.69, 9.17) is 0 Å². The van der Waals surface area contributed by atoms with E-state index in [1.807, 2.05) is 7.05 Å². The van der Waals surface area contributed by atoms with Gasteiger partial charge in [0.25, 0.3) is 0 Å². The van der Waals surface area contributed by atoms with E-state index in [0.717, 1.165) is 12.5 Å². The molecule has 0 heterocycles. The quantitative estimate of drug-likeness (QED) is 0.613. The molecule has 0 radical (unpaired) electrons. The molecule has 4 heteroatoms. The van der Waals surface area contributed by atoms with Gasteiger partial charge < -0.3 is 15.5 Å². The topological polar surface area (TPSA) is 39.7 Å². The summed E-state index contributed by atoms with van der Waals surface area (Å²) in [7, 11) is 7.73. The van der Waals surface area contributed by atoms with Crippen molar-refractivity contribution in [3.8, 4) is 0 Å². The van der Waals surface area contributed by atoms with Crippen LogP contribution in [0.4, 0.5) is 5.69 Å². The number of anilines is 1. The molecule has 0 unspecified atom stereocenters. The lowest BCUT2D eigenvalue weighted by Crippen LogP contribution is -2.34. The summed E-state index contributed by atoms with van der Waals surface area (Å²) in [5.41, 5.74) is 3.80. The smallest absolute Gasteiger partial charge is 0.190 e. The second kappa shape index (κ2) is 6.13. The largest absolute Gasteiger partial charge is 0.378 e. The maximum atomic E-state index is 4.08. The lowest BCUT2D eigenvalue weighted by atomic mass is 10.1. The van der Waals surface area contributed by atoms with Crippen molar-refractivity contribution in [3.05, 3.63) is 29.3 Å². The Kier molecular flexibility index (Phi) is 4.82. The average molecular weight is 234 g/mol. The zero-order valence-electron chi connectivity index (χ0n) is 11.3. The molecule has 0 aromatic heterocycles. The first kappa shape index (κ1) is 13.4. The molecule has 0 saturated carbocycles. The van der Waals surface area contributed by atoms with Crippen molar-refractivity contribution in [2.45, 2.75) is 13.5 Å². The summed E-state index contributed by atoms with van der Waals surface area (Å²) in [6.07, 6.45) is 0. The Balaban J connectivity index is 2.73. The van der Waals surface area contributed by atoms with E-state index in [1.165, 1.54) is 16.8 Å². The molecule has 17 heavy (non-hydrogen) atoms. The lowest BCUT2D eigenvalue weighted by molar-refractivity contribution is 0.859. The van der Waals surface area contributed by atoms with Crippen LogP contribution >= 0.6 is 0 Å². The van der Waals surface area contributed by atoms with Gasteiger partial charge in [0.15, 0.2) is 5.96 Å². The lowest BCUT2D eigenvalue weighted by Gasteiger charge is -2.16. The van der Waals surface area contributed by atoms with Gasteiger partial charge in [-0.25, -0.2) is 0 Å². The fourth-order valence-corrected chi connectivity index (χ4v) is 1.61. The molecule has 1 aromatic carbocycles. The molecule has 0 fully saturated rings. The minimum atomic E-state index is 0.785. The maximum absolute atomic E-state index is 4.08. The standard InChI is InChI=1S/C13H22N4/c1-10-8-12(17(4)5)7-6-11(10)9-16-13(14-2)15-3/h6-8H,9H2,1-5H3,(H2,14,15,16). The first-order valence-corrected chi connectivity index (χ1v) is 5.73. The number of rotatable bonds is 3. The third-order valence-corrected chi connectivity index (χ3v) is 2.75. The summed E-state index contributed by atoms with van der Waals surface area (Å²) < 4.78 is 0. The van der Waals surface area contributed by atoms with E-state index < -0.39 is 0 Å². The number of nitrogens with zero attached hydrogens (tertiary/aromatic N) is 2. The highest BCUT2D eigenvalue weighted by Crippen LogP contribution is 2.17. The van der Waals surface area contributed by atoms with E-state index in [2.05, 4.69) is 59.7 Å². The van der Waals surface area contributed by atoms with Crippen molar-refractivity contribution in [2.24, 2.45) is 4.99 Å². The van der Waals surface area contributed by atoms with Crippen LogP contribution in [0.15, 0.2) is 23.2 Å². The summed E-state index contributed by atoms with van der Waals surface area (Å²) >= 11 is 0. The molecule has 2 N–H and O–H groups in total. The molecular weight excluding hydrogens is 212 g/mol. The number of guanidine groups is 1. The summed E-state index contributed by atoms with van der Waals surface area (Å²) in [4.78, 5) is 6.19. The fourth-order valence-electron chi connectivity index (χ4n) is 1.61. The van der Waals surface area contributed by atoms with E-state index >= 15 is 0 Å². The molecule has 0 saturated heterocycles. The molecular formula is C13H22N4. The first-order chi connectivity index (χ1) is 8.08. The molecule has 1 rings (SSSR count). The Labute approximate surface area is 104 Å². The minimum absolute atomic E-state index is 0.785. The van der Waals surface area contributed by atoms with Crippen LogP contribution in [0.25, 0.3) is 0 Å². The van der Waals surface area contributed by atoms with Crippen molar-refractivity contribution in [1.82, 2.24) is 10.6 Å². The SMILES string of the molecule is CN=C(NC)NCc1ccc(N(C)C)cc1C. The molecule has 0 bridgehead atoms. The normalized spacial score (nSPS) is 11.2. The third kappa shape index (κ3) is 3.66. The van der Waals surface area contributed by atoms with Crippen molar-refractivity contribution in [2.75, 3.05) is 33.1 Å². The molecule has 0 amide bonds. The highest BCUT2D eigenvalue weighted by Gasteiger charge is 2.02. The highest BCUT2D eigenvalue weighted by atomic mass is 15.1. The molecule has 0 aliphatic heterocycles. The molecule has 0 spiro atoms. The Hall–Kier alpha value is -1.71. The van der Waals surface area contributed by atoms with Gasteiger partial charge in [0.1, 0.15) is 0 Å². The van der Waals surface area contributed by atoms with Crippen LogP contribution in [0, 0.1) is 6.92 Å². The van der Waals surface area contributed by atoms with Crippen LogP contribution in [0.5, 0.6) is 0 Å². The van der Waals surface area contributed by atoms with Gasteiger partial charge in [-0.05, 0) is 30.2 Å². The van der Waals surface area contributed by atoms with Crippen LogP contribution in [0.1, 0.15) is 11.1 Å². The monoisotopic (exact) mass is 234 g/mol. The number of aliphatic imine (C=N–C) groups is 1. The summed E-state index contributed by atoms with van der Waals surface area (Å²) in [6.45, 7) is 2.92. The molecule has 0 aliphatic rings. The van der Waals surface area contributed by atoms with Crippen LogP contribution in [-0.2, 0) is 6.54 Å². The predicted molar refractivity (Wildman–Crippen MR) is 74.8 cm³/mol. The Morgan fingerprint density at radius 2 is 2.06 bits per heavy atom. The second-order valence-corrected chi connectivity index (χ2v) is 4.18. The van der Waals surface area contributed by atoms with E-state index in [-0.39, 0.29) is 0 Å². The Morgan fingerprint density at radius 1 is 1.35 bits per heavy atom. The van der Waals surface area contributed by atoms with Gasteiger partial charge in [-0.1, -0.05) is 6.07 Å². The van der Waals surface area contributed by atoms with Crippen molar-refractivity contribution in [1.29, 1.82) is 0 Å². The second-order valence-electron chi connectivity index (χ2n) is 4.18. The van der Waals surface area contributed by atoms with Gasteiger partial charge in [-0.15, -0.1) is 0 Å². The van der Waals surface area contributed by atoms with Crippen molar-refractivity contribution in [3.63, 3.8) is 0 Å². The Bertz CT molecular complexity index is 396. The van der Waals surface area contributed by atoms with Crippen molar-refractivity contribution >= 4 is 11.6 Å². The number of hydrogen-bond acceptors (Lipinski definition) is 2. The first-order valence-electron chi connectivity index (χ1n) is 5.73. The number of hydrogen-bond donors (Lipinski definition) is 2. The number of nitrogens with one attached hydrogen (secondary N) is 2. The van der Waals surface area contributed by atoms with E-state index in [1.54, 1.807) is 7.05 Å². The molecule has 0 aliphatic carbocycles. The zero-order valence-corrected chi connectivity index (χ0v) is 11.3. The van der Waals surface area contributed by atoms with Crippen LogP contribution < -0.4 is 15.5 Å². The highest BCUT2D eigenvalue weighted by molar-refractivity contribution is 5.79. The van der Waals surface area contributed by atoms with Gasteiger partial charge in [0.2, 0.25) is 0 Å².